The number of hydrogen-bond donors (Lipinski definition) is 0. The lowest BCUT2D eigenvalue weighted by Crippen LogP contribution is -2.17. The van der Waals surface area contributed by atoms with Crippen molar-refractivity contribution < 1.29 is 0 Å². The van der Waals surface area contributed by atoms with Crippen LogP contribution in [0, 0.1) is 35.5 Å². The standard InChI is InChI=1S/C37H43N.C37H39N.3C2H6/c2*1-27(2)35-26-34(23-20-30-12-8-6-9-13-30)24-29(4)37(38-5)36(35)28(3)16-17-31-18-21-33(22-19-31)25-32-14-10-7-11-15-32;3*1-2/h6-15,18-19,21-22,26,29,34H,1,16-17,20,23-25H2,2-5H3;6-15,18-19,21-22,26,29,34H,1,16-17,24-25H2,2-5H3;3*1-2H3/b2*36-28-,38-37?;;;. The third-order valence-corrected chi connectivity index (χ3v) is 15.2. The van der Waals surface area contributed by atoms with Crippen LogP contribution in [0.25, 0.3) is 0 Å². The molecule has 2 aliphatic carbocycles. The van der Waals surface area contributed by atoms with Gasteiger partial charge in [-0.15, -0.1) is 0 Å². The Morgan fingerprint density at radius 3 is 1.18 bits per heavy atom. The highest BCUT2D eigenvalue weighted by molar-refractivity contribution is 6.08. The van der Waals surface area contributed by atoms with Gasteiger partial charge in [0.1, 0.15) is 0 Å². The van der Waals surface area contributed by atoms with Gasteiger partial charge in [0.2, 0.25) is 0 Å². The smallest absolute Gasteiger partial charge is 0.0451 e. The molecule has 4 unspecified atom stereocenters. The van der Waals surface area contributed by atoms with Crippen LogP contribution in [-0.2, 0) is 32.1 Å². The molecule has 6 aromatic rings. The van der Waals surface area contributed by atoms with Crippen LogP contribution in [0.3, 0.4) is 0 Å². The molecular weight excluding hydrogens is 989 g/mol. The van der Waals surface area contributed by atoms with E-state index in [1.165, 1.54) is 83.8 Å². The fraction of sp³-hybridized carbons (Fsp3) is 0.350. The number of benzene rings is 6. The van der Waals surface area contributed by atoms with Gasteiger partial charge in [0.05, 0.1) is 0 Å². The van der Waals surface area contributed by atoms with Crippen molar-refractivity contribution in [3.8, 4) is 11.8 Å². The van der Waals surface area contributed by atoms with Gasteiger partial charge in [0.15, 0.2) is 0 Å². The molecule has 0 N–H and O–H groups in total. The first-order valence-electron chi connectivity index (χ1n) is 30.8. The van der Waals surface area contributed by atoms with E-state index in [9.17, 15) is 0 Å². The van der Waals surface area contributed by atoms with Crippen molar-refractivity contribution in [3.05, 3.63) is 284 Å². The fourth-order valence-corrected chi connectivity index (χ4v) is 11.1. The van der Waals surface area contributed by atoms with Gasteiger partial charge in [-0.2, -0.15) is 0 Å². The molecule has 0 aliphatic heterocycles. The first kappa shape index (κ1) is 67.2. The second kappa shape index (κ2) is 36.9. The Bertz CT molecular complexity index is 3110. The van der Waals surface area contributed by atoms with Crippen LogP contribution in [0.15, 0.2) is 250 Å². The lowest BCUT2D eigenvalue weighted by molar-refractivity contribution is 0.498. The molecule has 0 heterocycles. The molecule has 0 radical (unpaired) electrons. The molecule has 8 rings (SSSR count). The average molecular weight is 1090 g/mol. The van der Waals surface area contributed by atoms with E-state index in [0.29, 0.717) is 17.8 Å². The number of nitrogens with zero attached hydrogens (tertiary/aromatic N) is 2. The predicted molar refractivity (Wildman–Crippen MR) is 363 cm³/mol. The lowest BCUT2D eigenvalue weighted by atomic mass is 9.86. The van der Waals surface area contributed by atoms with E-state index in [1.54, 1.807) is 0 Å². The highest BCUT2D eigenvalue weighted by Crippen LogP contribution is 2.38. The van der Waals surface area contributed by atoms with Gasteiger partial charge in [0, 0.05) is 54.1 Å². The Morgan fingerprint density at radius 2 is 0.780 bits per heavy atom. The van der Waals surface area contributed by atoms with Crippen molar-refractivity contribution in [1.82, 2.24) is 0 Å². The number of rotatable bonds is 15. The second-order valence-electron chi connectivity index (χ2n) is 21.5. The first-order valence-corrected chi connectivity index (χ1v) is 30.8. The molecule has 2 heteroatoms. The van der Waals surface area contributed by atoms with Crippen LogP contribution >= 0.6 is 0 Å². The molecule has 82 heavy (non-hydrogen) atoms. The van der Waals surface area contributed by atoms with Crippen LogP contribution in [0.5, 0.6) is 0 Å². The molecule has 0 spiro atoms. The van der Waals surface area contributed by atoms with Crippen LogP contribution in [0.1, 0.15) is 160 Å². The summed E-state index contributed by atoms with van der Waals surface area (Å²) in [7, 11) is 3.89. The van der Waals surface area contributed by atoms with Crippen molar-refractivity contribution in [3.63, 3.8) is 0 Å². The minimum Gasteiger partial charge on any atom is -0.292 e. The molecule has 0 saturated carbocycles. The summed E-state index contributed by atoms with van der Waals surface area (Å²) >= 11 is 0. The SMILES string of the molecule is C=C(C)C1=CC(C#Cc2ccccc2)CC(C)C(=NC)/C1=C(/C)CCc1ccc(Cc2ccccc2)cc1.C=C(C)C1=CC(CCc2ccccc2)CC(C)C(=NC)/C1=C(/C)CCc1ccc(Cc2ccccc2)cc1.CC.CC.CC. The van der Waals surface area contributed by atoms with E-state index in [-0.39, 0.29) is 5.92 Å². The zero-order valence-corrected chi connectivity index (χ0v) is 53.0. The molecule has 0 saturated heterocycles. The first-order chi connectivity index (χ1) is 39.9. The third-order valence-electron chi connectivity index (χ3n) is 15.2. The maximum Gasteiger partial charge on any atom is 0.0451 e. The van der Waals surface area contributed by atoms with Crippen LogP contribution in [0.2, 0.25) is 0 Å². The van der Waals surface area contributed by atoms with E-state index in [4.69, 9.17) is 9.98 Å². The van der Waals surface area contributed by atoms with Crippen LogP contribution < -0.4 is 0 Å². The number of aryl methyl sites for hydroxylation is 3. The van der Waals surface area contributed by atoms with Gasteiger partial charge >= 0.3 is 0 Å². The zero-order chi connectivity index (χ0) is 59.8. The van der Waals surface area contributed by atoms with Crippen LogP contribution in [0.4, 0.5) is 0 Å². The number of aliphatic imine (C=N–C) groups is 2. The molecule has 0 amide bonds. The molecule has 4 atom stereocenters. The number of hydrogen-bond acceptors (Lipinski definition) is 2. The summed E-state index contributed by atoms with van der Waals surface area (Å²) in [6, 6.07) is 60.7. The molecule has 2 aliphatic rings. The molecular formula is C80H100N2. The van der Waals surface area contributed by atoms with E-state index in [0.717, 1.165) is 80.9 Å². The molecule has 0 bridgehead atoms. The van der Waals surface area contributed by atoms with Crippen molar-refractivity contribution in [2.75, 3.05) is 14.1 Å². The van der Waals surface area contributed by atoms with E-state index in [1.807, 2.05) is 73.8 Å². The van der Waals surface area contributed by atoms with Gasteiger partial charge in [-0.25, -0.2) is 0 Å². The Hall–Kier alpha value is -7.34. The Balaban J connectivity index is 0.000000323. The van der Waals surface area contributed by atoms with Crippen LogP contribution in [-0.4, -0.2) is 25.5 Å². The minimum absolute atomic E-state index is 0.163. The van der Waals surface area contributed by atoms with Gasteiger partial charge in [-0.1, -0.05) is 273 Å². The summed E-state index contributed by atoms with van der Waals surface area (Å²) in [6.07, 6.45) is 15.2. The summed E-state index contributed by atoms with van der Waals surface area (Å²) in [5.41, 5.74) is 23.2. The van der Waals surface area contributed by atoms with E-state index < -0.39 is 0 Å². The summed E-state index contributed by atoms with van der Waals surface area (Å²) in [6.45, 7) is 34.2. The maximum atomic E-state index is 4.86. The van der Waals surface area contributed by atoms with Crippen molar-refractivity contribution in [2.45, 2.75) is 147 Å². The third kappa shape index (κ3) is 21.2. The fourth-order valence-electron chi connectivity index (χ4n) is 11.1. The Kier molecular flexibility index (Phi) is 30.2. The summed E-state index contributed by atoms with van der Waals surface area (Å²) in [5, 5.41) is 0. The Labute approximate surface area is 499 Å². The molecule has 0 aromatic heterocycles. The van der Waals surface area contributed by atoms with Gasteiger partial charge < -0.3 is 0 Å². The molecule has 6 aromatic carbocycles. The lowest BCUT2D eigenvalue weighted by Gasteiger charge is -2.20. The topological polar surface area (TPSA) is 24.7 Å². The van der Waals surface area contributed by atoms with E-state index in [2.05, 4.69) is 230 Å². The number of allylic oxidation sites excluding steroid dienone is 10. The molecule has 430 valence electrons. The van der Waals surface area contributed by atoms with E-state index >= 15 is 0 Å². The largest absolute Gasteiger partial charge is 0.292 e. The van der Waals surface area contributed by atoms with Crippen molar-refractivity contribution in [1.29, 1.82) is 0 Å². The Morgan fingerprint density at radius 1 is 0.439 bits per heavy atom. The average Bonchev–Trinajstić information content (AvgIpc) is 4.04. The second-order valence-corrected chi connectivity index (χ2v) is 21.5. The molecule has 0 fully saturated rings. The van der Waals surface area contributed by atoms with Gasteiger partial charge in [0.25, 0.3) is 0 Å². The summed E-state index contributed by atoms with van der Waals surface area (Å²) in [5.74, 6) is 8.36. The van der Waals surface area contributed by atoms with Crippen molar-refractivity contribution in [2.24, 2.45) is 33.7 Å². The quantitative estimate of drug-likeness (QED) is 0.0916. The minimum atomic E-state index is 0.163. The highest BCUT2D eigenvalue weighted by atomic mass is 14.7. The maximum absolute atomic E-state index is 4.86. The van der Waals surface area contributed by atoms with Crippen molar-refractivity contribution >= 4 is 11.4 Å². The monoisotopic (exact) mass is 1090 g/mol. The van der Waals surface area contributed by atoms with Gasteiger partial charge in [-0.3, -0.25) is 9.98 Å². The normalized spacial score (nSPS) is 18.7. The van der Waals surface area contributed by atoms with Gasteiger partial charge in [-0.05, 0) is 166 Å². The summed E-state index contributed by atoms with van der Waals surface area (Å²) < 4.78 is 0. The molecule has 2 nitrogen and oxygen atoms in total. The predicted octanol–water partition coefficient (Wildman–Crippen LogP) is 21.3. The highest BCUT2D eigenvalue weighted by Gasteiger charge is 2.29. The summed E-state index contributed by atoms with van der Waals surface area (Å²) in [4.78, 5) is 9.67. The zero-order valence-electron chi connectivity index (χ0n) is 53.0.